The molecule has 0 amide bonds. The number of carbonyl (C=O) groups is 1. The number of hydrogen-bond acceptors (Lipinski definition) is 5. The minimum atomic E-state index is -0.961. The summed E-state index contributed by atoms with van der Waals surface area (Å²) in [6, 6.07) is 9.81. The van der Waals surface area contributed by atoms with Crippen LogP contribution in [0.2, 0.25) is 0 Å². The van der Waals surface area contributed by atoms with Crippen LogP contribution in [0.3, 0.4) is 0 Å². The van der Waals surface area contributed by atoms with E-state index in [1.54, 1.807) is 6.92 Å². The second-order valence-corrected chi connectivity index (χ2v) is 8.48. The van der Waals surface area contributed by atoms with Gasteiger partial charge in [0.25, 0.3) is 0 Å². The van der Waals surface area contributed by atoms with Crippen molar-refractivity contribution < 1.29 is 14.6 Å². The zero-order valence-electron chi connectivity index (χ0n) is 15.4. The molecule has 26 heavy (non-hydrogen) atoms. The lowest BCUT2D eigenvalue weighted by molar-refractivity contribution is -0.160. The van der Waals surface area contributed by atoms with Gasteiger partial charge in [0.15, 0.2) is 5.11 Å². The summed E-state index contributed by atoms with van der Waals surface area (Å²) in [5.74, 6) is -0.769. The molecular weight excluding hydrogens is 350 g/mol. The van der Waals surface area contributed by atoms with Crippen LogP contribution in [-0.2, 0) is 9.53 Å². The SMILES string of the molecule is CC(C)COC(=O)[C@H]1[C@@H](c2ccccc2)C[C@@](C)(O)C[C@]12NNC(=S)N2. The molecule has 0 bridgehead atoms. The smallest absolute Gasteiger partial charge is 0.313 e. The molecule has 7 heteroatoms. The van der Waals surface area contributed by atoms with Gasteiger partial charge < -0.3 is 15.2 Å². The van der Waals surface area contributed by atoms with Crippen molar-refractivity contribution >= 4 is 23.3 Å². The van der Waals surface area contributed by atoms with Gasteiger partial charge in [0.1, 0.15) is 11.6 Å². The van der Waals surface area contributed by atoms with Gasteiger partial charge in [-0.2, -0.15) is 0 Å². The molecule has 6 nitrogen and oxygen atoms in total. The van der Waals surface area contributed by atoms with Crippen molar-refractivity contribution in [1.29, 1.82) is 0 Å². The van der Waals surface area contributed by atoms with Gasteiger partial charge in [-0.1, -0.05) is 44.2 Å². The summed E-state index contributed by atoms with van der Waals surface area (Å²) < 4.78 is 5.61. The first-order valence-electron chi connectivity index (χ1n) is 9.02. The maximum atomic E-state index is 13.1. The molecule has 3 rings (SSSR count). The number of nitrogens with one attached hydrogen (secondary N) is 3. The Kier molecular flexibility index (Phi) is 5.23. The summed E-state index contributed by atoms with van der Waals surface area (Å²) in [6.07, 6.45) is 0.800. The maximum absolute atomic E-state index is 13.1. The first-order valence-corrected chi connectivity index (χ1v) is 9.42. The number of thiocarbonyl (C=S) groups is 1. The molecule has 4 atom stereocenters. The average molecular weight is 378 g/mol. The fourth-order valence-corrected chi connectivity index (χ4v) is 4.34. The van der Waals surface area contributed by atoms with Crippen molar-refractivity contribution in [1.82, 2.24) is 16.2 Å². The molecule has 2 fully saturated rings. The molecule has 0 radical (unpaired) electrons. The fraction of sp³-hybridized carbons (Fsp3) is 0.579. The van der Waals surface area contributed by atoms with E-state index in [-0.39, 0.29) is 17.8 Å². The Morgan fingerprint density at radius 3 is 2.65 bits per heavy atom. The lowest BCUT2D eigenvalue weighted by Crippen LogP contribution is -2.67. The van der Waals surface area contributed by atoms with Gasteiger partial charge in [0, 0.05) is 12.3 Å². The van der Waals surface area contributed by atoms with E-state index >= 15 is 0 Å². The summed E-state index contributed by atoms with van der Waals surface area (Å²) in [5, 5.41) is 14.5. The topological polar surface area (TPSA) is 82.6 Å². The highest BCUT2D eigenvalue weighted by Gasteiger charge is 2.58. The van der Waals surface area contributed by atoms with E-state index < -0.39 is 17.2 Å². The highest BCUT2D eigenvalue weighted by atomic mass is 32.1. The van der Waals surface area contributed by atoms with Crippen LogP contribution in [0, 0.1) is 11.8 Å². The van der Waals surface area contributed by atoms with E-state index in [9.17, 15) is 9.90 Å². The van der Waals surface area contributed by atoms with Crippen molar-refractivity contribution in [2.45, 2.75) is 50.8 Å². The summed E-state index contributed by atoms with van der Waals surface area (Å²) in [7, 11) is 0. The first kappa shape index (κ1) is 19.1. The molecule has 1 aliphatic heterocycles. The molecule has 0 unspecified atom stereocenters. The Balaban J connectivity index is 2.01. The zero-order chi connectivity index (χ0) is 18.9. The number of ether oxygens (including phenoxy) is 1. The predicted molar refractivity (Wildman–Crippen MR) is 103 cm³/mol. The molecule has 4 N–H and O–H groups in total. The highest BCUT2D eigenvalue weighted by Crippen LogP contribution is 2.47. The monoisotopic (exact) mass is 377 g/mol. The number of carbonyl (C=O) groups excluding carboxylic acids is 1. The second kappa shape index (κ2) is 7.13. The van der Waals surface area contributed by atoms with E-state index in [1.165, 1.54) is 0 Å². The summed E-state index contributed by atoms with van der Waals surface area (Å²) >= 11 is 5.23. The van der Waals surface area contributed by atoms with Gasteiger partial charge in [-0.3, -0.25) is 10.2 Å². The van der Waals surface area contributed by atoms with E-state index in [4.69, 9.17) is 17.0 Å². The van der Waals surface area contributed by atoms with E-state index in [2.05, 4.69) is 16.2 Å². The van der Waals surface area contributed by atoms with Crippen LogP contribution in [-0.4, -0.2) is 34.1 Å². The normalized spacial score (nSPS) is 33.8. The minimum absolute atomic E-state index is 0.206. The number of hydrogen-bond donors (Lipinski definition) is 4. The molecule has 142 valence electrons. The van der Waals surface area contributed by atoms with E-state index in [1.807, 2.05) is 44.2 Å². The Hall–Kier alpha value is -1.70. The van der Waals surface area contributed by atoms with Gasteiger partial charge in [0.05, 0.1) is 12.2 Å². The molecule has 1 spiro atoms. The van der Waals surface area contributed by atoms with E-state index in [0.717, 1.165) is 5.56 Å². The third kappa shape index (κ3) is 3.84. The molecule has 1 aliphatic carbocycles. The molecule has 1 aromatic carbocycles. The highest BCUT2D eigenvalue weighted by molar-refractivity contribution is 7.80. The van der Waals surface area contributed by atoms with Gasteiger partial charge in [-0.15, -0.1) is 0 Å². The van der Waals surface area contributed by atoms with Crippen LogP contribution in [0.15, 0.2) is 30.3 Å². The Morgan fingerprint density at radius 2 is 2.08 bits per heavy atom. The van der Waals surface area contributed by atoms with Crippen molar-refractivity contribution in [3.63, 3.8) is 0 Å². The van der Waals surface area contributed by atoms with Crippen molar-refractivity contribution in [3.8, 4) is 0 Å². The van der Waals surface area contributed by atoms with Crippen molar-refractivity contribution in [2.24, 2.45) is 11.8 Å². The largest absolute Gasteiger partial charge is 0.465 e. The number of esters is 1. The van der Waals surface area contributed by atoms with Crippen LogP contribution in [0.4, 0.5) is 0 Å². The number of benzene rings is 1. The van der Waals surface area contributed by atoms with Crippen LogP contribution in [0.1, 0.15) is 45.1 Å². The molecule has 1 saturated carbocycles. The molecule has 2 aliphatic rings. The lowest BCUT2D eigenvalue weighted by atomic mass is 9.64. The first-order chi connectivity index (χ1) is 12.2. The minimum Gasteiger partial charge on any atom is -0.465 e. The number of aliphatic hydroxyl groups is 1. The summed E-state index contributed by atoms with van der Waals surface area (Å²) in [5.41, 5.74) is 5.17. The fourth-order valence-electron chi connectivity index (χ4n) is 4.11. The lowest BCUT2D eigenvalue weighted by Gasteiger charge is -2.49. The molecule has 1 saturated heterocycles. The summed E-state index contributed by atoms with van der Waals surface area (Å²) in [4.78, 5) is 13.1. The quantitative estimate of drug-likeness (QED) is 0.471. The van der Waals surface area contributed by atoms with Crippen LogP contribution in [0.5, 0.6) is 0 Å². The predicted octanol–water partition coefficient (Wildman–Crippen LogP) is 1.81. The van der Waals surface area contributed by atoms with Gasteiger partial charge in [-0.25, -0.2) is 5.43 Å². The molecule has 1 aromatic rings. The second-order valence-electron chi connectivity index (χ2n) is 8.07. The summed E-state index contributed by atoms with van der Waals surface area (Å²) in [6.45, 7) is 6.17. The van der Waals surface area contributed by atoms with Crippen molar-refractivity contribution in [3.05, 3.63) is 35.9 Å². The Labute approximate surface area is 159 Å². The van der Waals surface area contributed by atoms with Gasteiger partial charge >= 0.3 is 5.97 Å². The van der Waals surface area contributed by atoms with Crippen LogP contribution in [0.25, 0.3) is 0 Å². The number of rotatable bonds is 4. The zero-order valence-corrected chi connectivity index (χ0v) is 16.2. The maximum Gasteiger partial charge on any atom is 0.313 e. The van der Waals surface area contributed by atoms with E-state index in [0.29, 0.717) is 24.6 Å². The standard InChI is InChI=1S/C19H27N3O3S/c1-12(2)10-25-16(23)15-14(13-7-5-4-6-8-13)9-18(3,24)11-19(15)20-17(26)21-22-19/h4-8,12,14-15,22,24H,9-11H2,1-3H3,(H2,20,21,26)/t14-,15-,18-,19+/m1/s1. The van der Waals surface area contributed by atoms with Crippen LogP contribution < -0.4 is 16.2 Å². The molecular formula is C19H27N3O3S. The molecule has 0 aromatic heterocycles. The Morgan fingerprint density at radius 1 is 1.38 bits per heavy atom. The third-order valence-corrected chi connectivity index (χ3v) is 5.23. The number of hydrazine groups is 1. The van der Waals surface area contributed by atoms with Gasteiger partial charge in [0.2, 0.25) is 0 Å². The average Bonchev–Trinajstić information content (AvgIpc) is 2.92. The Bertz CT molecular complexity index is 680. The van der Waals surface area contributed by atoms with Gasteiger partial charge in [-0.05, 0) is 37.0 Å². The van der Waals surface area contributed by atoms with Crippen molar-refractivity contribution in [2.75, 3.05) is 6.61 Å². The van der Waals surface area contributed by atoms with Crippen LogP contribution >= 0.6 is 12.2 Å². The molecule has 1 heterocycles. The third-order valence-electron chi connectivity index (χ3n) is 5.03.